The first-order valence-electron chi connectivity index (χ1n) is 9.18. The average molecular weight is 362 g/mol. The third-order valence-corrected chi connectivity index (χ3v) is 5.94. The number of rotatable bonds is 5. The minimum Gasteiger partial charge on any atom is -0.497 e. The number of ether oxygens (including phenoxy) is 3. The smallest absolute Gasteiger partial charge is 0.254 e. The van der Waals surface area contributed by atoms with Crippen molar-refractivity contribution < 1.29 is 19.0 Å². The lowest BCUT2D eigenvalue weighted by atomic mass is 9.77. The topological polar surface area (TPSA) is 51.2 Å². The molecule has 0 radical (unpaired) electrons. The fraction of sp³-hybridized carbons (Fsp3) is 0.650. The third-order valence-electron chi connectivity index (χ3n) is 5.94. The third kappa shape index (κ3) is 3.67. The number of benzene rings is 1. The maximum absolute atomic E-state index is 13.1. The summed E-state index contributed by atoms with van der Waals surface area (Å²) >= 11 is 0. The van der Waals surface area contributed by atoms with Crippen LogP contribution in [0.5, 0.6) is 11.5 Å². The molecule has 6 nitrogen and oxygen atoms in total. The zero-order valence-corrected chi connectivity index (χ0v) is 16.4. The zero-order valence-electron chi connectivity index (χ0n) is 16.4. The number of hydrogen-bond acceptors (Lipinski definition) is 5. The Bertz CT molecular complexity index is 626. The molecule has 0 N–H and O–H groups in total. The quantitative estimate of drug-likeness (QED) is 0.803. The highest BCUT2D eigenvalue weighted by Gasteiger charge is 2.44. The molecule has 1 aliphatic heterocycles. The Labute approximate surface area is 156 Å². The van der Waals surface area contributed by atoms with Crippen LogP contribution in [0.25, 0.3) is 0 Å². The normalized spacial score (nSPS) is 28.2. The van der Waals surface area contributed by atoms with Crippen LogP contribution >= 0.6 is 0 Å². The Morgan fingerprint density at radius 3 is 2.08 bits per heavy atom. The van der Waals surface area contributed by atoms with Crippen molar-refractivity contribution in [1.82, 2.24) is 9.80 Å². The maximum Gasteiger partial charge on any atom is 0.254 e. The molecule has 1 aromatic carbocycles. The largest absolute Gasteiger partial charge is 0.497 e. The van der Waals surface area contributed by atoms with Gasteiger partial charge in [-0.05, 0) is 50.9 Å². The van der Waals surface area contributed by atoms with Crippen LogP contribution in [0.15, 0.2) is 18.2 Å². The molecule has 144 valence electrons. The number of hydrogen-bond donors (Lipinski definition) is 0. The minimum absolute atomic E-state index is 0.0481. The molecule has 1 amide bonds. The predicted octanol–water partition coefficient (Wildman–Crippen LogP) is 2.13. The molecule has 4 atom stereocenters. The maximum atomic E-state index is 13.1. The molecular weight excluding hydrogens is 332 g/mol. The molecule has 1 saturated heterocycles. The highest BCUT2D eigenvalue weighted by Crippen LogP contribution is 2.39. The van der Waals surface area contributed by atoms with E-state index in [2.05, 4.69) is 19.0 Å². The van der Waals surface area contributed by atoms with Crippen LogP contribution in [0.2, 0.25) is 0 Å². The van der Waals surface area contributed by atoms with Crippen molar-refractivity contribution in [3.63, 3.8) is 0 Å². The highest BCUT2D eigenvalue weighted by atomic mass is 16.5. The van der Waals surface area contributed by atoms with Crippen LogP contribution in [0.4, 0.5) is 0 Å². The second-order valence-electron chi connectivity index (χ2n) is 7.61. The van der Waals surface area contributed by atoms with Crippen LogP contribution in [-0.4, -0.2) is 76.4 Å². The van der Waals surface area contributed by atoms with E-state index in [0.717, 1.165) is 25.9 Å². The van der Waals surface area contributed by atoms with E-state index in [1.807, 2.05) is 4.90 Å². The fourth-order valence-electron chi connectivity index (χ4n) is 4.47. The van der Waals surface area contributed by atoms with Gasteiger partial charge in [-0.25, -0.2) is 0 Å². The summed E-state index contributed by atoms with van der Waals surface area (Å²) in [5.74, 6) is 2.36. The molecule has 2 aliphatic rings. The van der Waals surface area contributed by atoms with Gasteiger partial charge in [0.1, 0.15) is 11.5 Å². The second kappa shape index (κ2) is 7.84. The van der Waals surface area contributed by atoms with Crippen molar-refractivity contribution >= 4 is 5.91 Å². The van der Waals surface area contributed by atoms with Crippen molar-refractivity contribution in [2.45, 2.75) is 25.0 Å². The molecule has 0 aromatic heterocycles. The standard InChI is InChI=1S/C20H30N2O4/c1-21(2)18-8-14-11-22(12-15(14)9-19(18)26-5)20(23)13-6-16(24-3)10-17(7-13)25-4/h6-7,10,14-15,18-19H,8-9,11-12H2,1-5H3/t14-,15+,18-,19-/m1/s1. The Morgan fingerprint density at radius 2 is 1.58 bits per heavy atom. The van der Waals surface area contributed by atoms with Crippen LogP contribution in [0, 0.1) is 11.8 Å². The van der Waals surface area contributed by atoms with Gasteiger partial charge in [0, 0.05) is 37.9 Å². The number of methoxy groups -OCH3 is 3. The summed E-state index contributed by atoms with van der Waals surface area (Å²) in [7, 11) is 9.20. The van der Waals surface area contributed by atoms with Gasteiger partial charge in [0.25, 0.3) is 5.91 Å². The van der Waals surface area contributed by atoms with Crippen molar-refractivity contribution in [1.29, 1.82) is 0 Å². The molecule has 0 bridgehead atoms. The number of fused-ring (bicyclic) bond motifs is 1. The number of carbonyl (C=O) groups is 1. The van der Waals surface area contributed by atoms with Gasteiger partial charge in [-0.2, -0.15) is 0 Å². The summed E-state index contributed by atoms with van der Waals surface area (Å²) < 4.78 is 16.3. The lowest BCUT2D eigenvalue weighted by molar-refractivity contribution is -0.0209. The molecule has 2 fully saturated rings. The molecule has 0 unspecified atom stereocenters. The van der Waals surface area contributed by atoms with E-state index in [1.165, 1.54) is 0 Å². The highest BCUT2D eigenvalue weighted by molar-refractivity contribution is 5.95. The number of nitrogens with zero attached hydrogens (tertiary/aromatic N) is 2. The van der Waals surface area contributed by atoms with Crippen molar-refractivity contribution in [2.24, 2.45) is 11.8 Å². The van der Waals surface area contributed by atoms with Crippen molar-refractivity contribution in [3.8, 4) is 11.5 Å². The van der Waals surface area contributed by atoms with Crippen LogP contribution in [0.1, 0.15) is 23.2 Å². The van der Waals surface area contributed by atoms with E-state index < -0.39 is 0 Å². The molecule has 1 aliphatic carbocycles. The van der Waals surface area contributed by atoms with Crippen LogP contribution in [-0.2, 0) is 4.74 Å². The predicted molar refractivity (Wildman–Crippen MR) is 99.9 cm³/mol. The molecule has 1 saturated carbocycles. The summed E-state index contributed by atoms with van der Waals surface area (Å²) in [4.78, 5) is 17.3. The van der Waals surface area contributed by atoms with E-state index >= 15 is 0 Å². The number of likely N-dealkylation sites (tertiary alicyclic amines) is 1. The zero-order chi connectivity index (χ0) is 18.8. The number of likely N-dealkylation sites (N-methyl/N-ethyl adjacent to an activating group) is 1. The van der Waals surface area contributed by atoms with Crippen molar-refractivity contribution in [3.05, 3.63) is 23.8 Å². The van der Waals surface area contributed by atoms with Gasteiger partial charge in [-0.3, -0.25) is 4.79 Å². The Morgan fingerprint density at radius 1 is 1.00 bits per heavy atom. The lowest BCUT2D eigenvalue weighted by Gasteiger charge is -2.40. The minimum atomic E-state index is 0.0481. The SMILES string of the molecule is COc1cc(OC)cc(C(=O)N2C[C@H]3C[C@@H](N(C)C)[C@H](OC)C[C@H]3C2)c1. The fourth-order valence-corrected chi connectivity index (χ4v) is 4.47. The molecule has 1 aromatic rings. The lowest BCUT2D eigenvalue weighted by Crippen LogP contribution is -2.47. The van der Waals surface area contributed by atoms with E-state index in [-0.39, 0.29) is 12.0 Å². The molecular formula is C20H30N2O4. The Hall–Kier alpha value is -1.79. The van der Waals surface area contributed by atoms with Crippen LogP contribution < -0.4 is 9.47 Å². The summed E-state index contributed by atoms with van der Waals surface area (Å²) in [5.41, 5.74) is 0.618. The summed E-state index contributed by atoms with van der Waals surface area (Å²) in [6.07, 6.45) is 2.31. The molecule has 0 spiro atoms. The van der Waals surface area contributed by atoms with Crippen molar-refractivity contribution in [2.75, 3.05) is 48.5 Å². The first kappa shape index (κ1) is 19.0. The van der Waals surface area contributed by atoms with Gasteiger partial charge >= 0.3 is 0 Å². The number of carbonyl (C=O) groups excluding carboxylic acids is 1. The second-order valence-corrected chi connectivity index (χ2v) is 7.61. The first-order chi connectivity index (χ1) is 12.5. The van der Waals surface area contributed by atoms with Gasteiger partial charge < -0.3 is 24.0 Å². The van der Waals surface area contributed by atoms with Gasteiger partial charge in [0.15, 0.2) is 0 Å². The summed E-state index contributed by atoms with van der Waals surface area (Å²) in [6, 6.07) is 5.76. The van der Waals surface area contributed by atoms with E-state index in [1.54, 1.807) is 39.5 Å². The van der Waals surface area contributed by atoms with Gasteiger partial charge in [-0.15, -0.1) is 0 Å². The summed E-state index contributed by atoms with van der Waals surface area (Å²) in [5, 5.41) is 0. The molecule has 1 heterocycles. The number of amides is 1. The van der Waals surface area contributed by atoms with Gasteiger partial charge in [0.05, 0.1) is 20.3 Å². The van der Waals surface area contributed by atoms with Gasteiger partial charge in [0.2, 0.25) is 0 Å². The Balaban J connectivity index is 1.75. The molecule has 26 heavy (non-hydrogen) atoms. The van der Waals surface area contributed by atoms with Crippen LogP contribution in [0.3, 0.4) is 0 Å². The first-order valence-corrected chi connectivity index (χ1v) is 9.18. The van der Waals surface area contributed by atoms with E-state index in [0.29, 0.717) is 34.9 Å². The van der Waals surface area contributed by atoms with E-state index in [4.69, 9.17) is 14.2 Å². The monoisotopic (exact) mass is 362 g/mol. The Kier molecular flexibility index (Phi) is 5.73. The van der Waals surface area contributed by atoms with Gasteiger partial charge in [-0.1, -0.05) is 0 Å². The van der Waals surface area contributed by atoms with E-state index in [9.17, 15) is 4.79 Å². The molecule has 6 heteroatoms. The summed E-state index contributed by atoms with van der Waals surface area (Å²) in [6.45, 7) is 1.60. The molecule has 3 rings (SSSR count). The average Bonchev–Trinajstić information content (AvgIpc) is 3.08.